The molecule has 0 spiro atoms. The van der Waals surface area contributed by atoms with Crippen molar-refractivity contribution in [3.8, 4) is 5.88 Å². The minimum Gasteiger partial charge on any atom is -0.481 e. The summed E-state index contributed by atoms with van der Waals surface area (Å²) in [5, 5.41) is 3.28. The molecule has 1 aromatic heterocycles. The Morgan fingerprint density at radius 1 is 1.54 bits per heavy atom. The van der Waals surface area contributed by atoms with Gasteiger partial charge in [0.1, 0.15) is 0 Å². The molecule has 0 aliphatic heterocycles. The van der Waals surface area contributed by atoms with Crippen molar-refractivity contribution in [2.75, 3.05) is 18.1 Å². The van der Waals surface area contributed by atoms with Gasteiger partial charge in [-0.05, 0) is 6.07 Å². The number of hydrogen-bond donors (Lipinski definition) is 1. The number of nitrogens with one attached hydrogen (secondary N) is 1. The quantitative estimate of drug-likeness (QED) is 0.509. The third-order valence-corrected chi connectivity index (χ3v) is 2.11. The first kappa shape index (κ1) is 10.7. The molecule has 0 radical (unpaired) electrons. The lowest BCUT2D eigenvalue weighted by molar-refractivity contribution is 0.396. The highest BCUT2D eigenvalue weighted by Crippen LogP contribution is 2.05. The van der Waals surface area contributed by atoms with E-state index in [0.717, 1.165) is 23.2 Å². The second-order valence-electron chi connectivity index (χ2n) is 2.54. The minimum absolute atomic E-state index is 0.675. The number of rotatable bonds is 5. The molecule has 0 fully saturated rings. The molecule has 0 aromatic carbocycles. The van der Waals surface area contributed by atoms with Crippen LogP contribution in [0.2, 0.25) is 0 Å². The largest absolute Gasteiger partial charge is 0.481 e. The van der Waals surface area contributed by atoms with Crippen molar-refractivity contribution in [1.82, 2.24) is 10.3 Å². The number of methoxy groups -OCH3 is 1. The van der Waals surface area contributed by atoms with E-state index in [4.69, 9.17) is 4.74 Å². The highest BCUT2D eigenvalue weighted by atomic mass is 127. The zero-order valence-electron chi connectivity index (χ0n) is 7.59. The topological polar surface area (TPSA) is 34.1 Å². The van der Waals surface area contributed by atoms with Gasteiger partial charge in [0.25, 0.3) is 0 Å². The Morgan fingerprint density at radius 3 is 3.08 bits per heavy atom. The van der Waals surface area contributed by atoms with Crippen LogP contribution in [0.5, 0.6) is 5.88 Å². The Hall–Kier alpha value is -0.360. The molecular formula is C9H13IN2O. The molecule has 0 saturated heterocycles. The van der Waals surface area contributed by atoms with E-state index in [0.29, 0.717) is 5.88 Å². The number of halogens is 1. The average Bonchev–Trinajstić information content (AvgIpc) is 2.19. The lowest BCUT2D eigenvalue weighted by Crippen LogP contribution is -2.16. The molecule has 3 nitrogen and oxygen atoms in total. The lowest BCUT2D eigenvalue weighted by Gasteiger charge is -2.03. The van der Waals surface area contributed by atoms with Crippen LogP contribution in [0.15, 0.2) is 18.2 Å². The molecule has 0 saturated carbocycles. The summed E-state index contributed by atoms with van der Waals surface area (Å²) in [4.78, 5) is 4.28. The maximum atomic E-state index is 5.02. The van der Waals surface area contributed by atoms with Crippen molar-refractivity contribution in [2.24, 2.45) is 0 Å². The van der Waals surface area contributed by atoms with Gasteiger partial charge in [-0.3, -0.25) is 0 Å². The van der Waals surface area contributed by atoms with Crippen LogP contribution in [0.3, 0.4) is 0 Å². The van der Waals surface area contributed by atoms with Gasteiger partial charge in [0, 0.05) is 23.6 Å². The zero-order chi connectivity index (χ0) is 9.52. The fraction of sp³-hybridized carbons (Fsp3) is 0.444. The van der Waals surface area contributed by atoms with Crippen molar-refractivity contribution < 1.29 is 4.74 Å². The highest BCUT2D eigenvalue weighted by Gasteiger charge is 1.95. The van der Waals surface area contributed by atoms with E-state index in [2.05, 4.69) is 32.9 Å². The molecule has 0 aliphatic rings. The summed E-state index contributed by atoms with van der Waals surface area (Å²) in [7, 11) is 1.63. The van der Waals surface area contributed by atoms with Gasteiger partial charge >= 0.3 is 0 Å². The van der Waals surface area contributed by atoms with Gasteiger partial charge in [-0.2, -0.15) is 0 Å². The summed E-state index contributed by atoms with van der Waals surface area (Å²) < 4.78 is 6.13. The number of hydrogen-bond acceptors (Lipinski definition) is 3. The molecule has 1 heterocycles. The van der Waals surface area contributed by atoms with Crippen LogP contribution in [0, 0.1) is 0 Å². The first-order valence-electron chi connectivity index (χ1n) is 4.13. The van der Waals surface area contributed by atoms with Gasteiger partial charge in [-0.15, -0.1) is 0 Å². The third-order valence-electron chi connectivity index (χ3n) is 1.57. The highest BCUT2D eigenvalue weighted by molar-refractivity contribution is 14.1. The van der Waals surface area contributed by atoms with E-state index in [-0.39, 0.29) is 0 Å². The standard InChI is InChI=1S/C9H13IN2O/c1-13-9-4-2-3-8(12-9)7-11-6-5-10/h2-4,11H,5-7H2,1H3. The van der Waals surface area contributed by atoms with Crippen LogP contribution in [-0.2, 0) is 6.54 Å². The fourth-order valence-corrected chi connectivity index (χ4v) is 1.33. The molecule has 4 heteroatoms. The number of alkyl halides is 1. The van der Waals surface area contributed by atoms with Crippen molar-refractivity contribution in [2.45, 2.75) is 6.54 Å². The normalized spacial score (nSPS) is 10.0. The molecule has 0 aliphatic carbocycles. The van der Waals surface area contributed by atoms with Gasteiger partial charge in [-0.1, -0.05) is 28.7 Å². The van der Waals surface area contributed by atoms with Crippen LogP contribution in [-0.4, -0.2) is 23.1 Å². The Bertz CT molecular complexity index is 255. The van der Waals surface area contributed by atoms with E-state index in [1.54, 1.807) is 7.11 Å². The summed E-state index contributed by atoms with van der Waals surface area (Å²) in [6, 6.07) is 5.79. The van der Waals surface area contributed by atoms with Crippen molar-refractivity contribution in [3.63, 3.8) is 0 Å². The predicted molar refractivity (Wildman–Crippen MR) is 61.4 cm³/mol. The first-order valence-corrected chi connectivity index (χ1v) is 5.66. The van der Waals surface area contributed by atoms with Gasteiger partial charge in [-0.25, -0.2) is 4.98 Å². The molecule has 0 amide bonds. The Balaban J connectivity index is 2.46. The van der Waals surface area contributed by atoms with E-state index in [1.165, 1.54) is 0 Å². The molecule has 0 atom stereocenters. The number of ether oxygens (including phenoxy) is 1. The summed E-state index contributed by atoms with van der Waals surface area (Å²) >= 11 is 2.34. The summed E-state index contributed by atoms with van der Waals surface area (Å²) in [6.07, 6.45) is 0. The summed E-state index contributed by atoms with van der Waals surface area (Å²) in [6.45, 7) is 1.82. The predicted octanol–water partition coefficient (Wildman–Crippen LogP) is 1.61. The van der Waals surface area contributed by atoms with E-state index < -0.39 is 0 Å². The molecule has 1 aromatic rings. The maximum Gasteiger partial charge on any atom is 0.213 e. The third kappa shape index (κ3) is 3.91. The Labute approximate surface area is 92.0 Å². The monoisotopic (exact) mass is 292 g/mol. The van der Waals surface area contributed by atoms with Crippen LogP contribution in [0.1, 0.15) is 5.69 Å². The fourth-order valence-electron chi connectivity index (χ4n) is 0.953. The Morgan fingerprint density at radius 2 is 2.38 bits per heavy atom. The van der Waals surface area contributed by atoms with Gasteiger partial charge in [0.15, 0.2) is 0 Å². The number of nitrogens with zero attached hydrogens (tertiary/aromatic N) is 1. The molecule has 1 rings (SSSR count). The van der Waals surface area contributed by atoms with Crippen LogP contribution < -0.4 is 10.1 Å². The average molecular weight is 292 g/mol. The van der Waals surface area contributed by atoms with Gasteiger partial charge in [0.05, 0.1) is 12.8 Å². The molecule has 72 valence electrons. The number of aromatic nitrogens is 1. The van der Waals surface area contributed by atoms with E-state index in [9.17, 15) is 0 Å². The second kappa shape index (κ2) is 6.15. The second-order valence-corrected chi connectivity index (χ2v) is 3.62. The molecule has 13 heavy (non-hydrogen) atoms. The Kier molecular flexibility index (Phi) is 5.07. The summed E-state index contributed by atoms with van der Waals surface area (Å²) in [5.41, 5.74) is 1.02. The molecular weight excluding hydrogens is 279 g/mol. The molecule has 1 N–H and O–H groups in total. The van der Waals surface area contributed by atoms with E-state index in [1.807, 2.05) is 18.2 Å². The van der Waals surface area contributed by atoms with Gasteiger partial charge < -0.3 is 10.1 Å². The van der Waals surface area contributed by atoms with Crippen LogP contribution >= 0.6 is 22.6 Å². The molecule has 0 unspecified atom stereocenters. The molecule has 0 bridgehead atoms. The first-order chi connectivity index (χ1) is 6.36. The van der Waals surface area contributed by atoms with Crippen LogP contribution in [0.25, 0.3) is 0 Å². The van der Waals surface area contributed by atoms with E-state index >= 15 is 0 Å². The van der Waals surface area contributed by atoms with Crippen molar-refractivity contribution in [3.05, 3.63) is 23.9 Å². The number of pyridine rings is 1. The van der Waals surface area contributed by atoms with Crippen LogP contribution in [0.4, 0.5) is 0 Å². The summed E-state index contributed by atoms with van der Waals surface area (Å²) in [5.74, 6) is 0.675. The minimum atomic E-state index is 0.675. The maximum absolute atomic E-state index is 5.02. The van der Waals surface area contributed by atoms with Crippen molar-refractivity contribution >= 4 is 22.6 Å². The smallest absolute Gasteiger partial charge is 0.213 e. The SMILES string of the molecule is COc1cccc(CNCCI)n1. The van der Waals surface area contributed by atoms with Gasteiger partial charge in [0.2, 0.25) is 5.88 Å². The van der Waals surface area contributed by atoms with Crippen molar-refractivity contribution in [1.29, 1.82) is 0 Å². The lowest BCUT2D eigenvalue weighted by atomic mass is 10.3. The zero-order valence-corrected chi connectivity index (χ0v) is 9.74.